The van der Waals surface area contributed by atoms with Crippen molar-refractivity contribution in [2.45, 2.75) is 52.5 Å². The standard InChI is InChI=1S/C11H21NO/c1-4-5-8(2)11(13)12-9(3)10-6-7-10/h8-10H,4-7H2,1-3H3,(H,12,13). The molecule has 1 aliphatic carbocycles. The fourth-order valence-electron chi connectivity index (χ4n) is 1.64. The van der Waals surface area contributed by atoms with Gasteiger partial charge in [-0.15, -0.1) is 0 Å². The van der Waals surface area contributed by atoms with Crippen LogP contribution in [-0.2, 0) is 4.79 Å². The van der Waals surface area contributed by atoms with E-state index >= 15 is 0 Å². The first-order valence-corrected chi connectivity index (χ1v) is 5.45. The lowest BCUT2D eigenvalue weighted by atomic mass is 10.0. The van der Waals surface area contributed by atoms with Crippen molar-refractivity contribution in [1.29, 1.82) is 0 Å². The number of carbonyl (C=O) groups excluding carboxylic acids is 1. The SMILES string of the molecule is CCCC(C)C(=O)NC(C)C1CC1. The van der Waals surface area contributed by atoms with Gasteiger partial charge in [-0.25, -0.2) is 0 Å². The highest BCUT2D eigenvalue weighted by Crippen LogP contribution is 2.32. The molecule has 1 amide bonds. The van der Waals surface area contributed by atoms with Crippen LogP contribution in [0.1, 0.15) is 46.5 Å². The Balaban J connectivity index is 2.22. The number of carbonyl (C=O) groups is 1. The molecule has 76 valence electrons. The Morgan fingerprint density at radius 1 is 1.46 bits per heavy atom. The minimum Gasteiger partial charge on any atom is -0.353 e. The molecule has 0 heterocycles. The van der Waals surface area contributed by atoms with Gasteiger partial charge < -0.3 is 5.32 Å². The molecule has 0 aromatic rings. The molecule has 0 bridgehead atoms. The molecular weight excluding hydrogens is 162 g/mol. The molecule has 2 heteroatoms. The third-order valence-electron chi connectivity index (χ3n) is 2.87. The molecule has 1 rings (SSSR count). The largest absolute Gasteiger partial charge is 0.353 e. The van der Waals surface area contributed by atoms with E-state index in [4.69, 9.17) is 0 Å². The topological polar surface area (TPSA) is 29.1 Å². The predicted octanol–water partition coefficient (Wildman–Crippen LogP) is 2.34. The summed E-state index contributed by atoms with van der Waals surface area (Å²) in [6.07, 6.45) is 4.68. The molecule has 2 unspecified atom stereocenters. The second kappa shape index (κ2) is 4.64. The van der Waals surface area contributed by atoms with Gasteiger partial charge in [0.15, 0.2) is 0 Å². The number of nitrogens with one attached hydrogen (secondary N) is 1. The van der Waals surface area contributed by atoms with Crippen LogP contribution < -0.4 is 5.32 Å². The van der Waals surface area contributed by atoms with Crippen molar-refractivity contribution in [3.05, 3.63) is 0 Å². The molecule has 1 saturated carbocycles. The normalized spacial score (nSPS) is 20.8. The molecule has 2 nitrogen and oxygen atoms in total. The number of hydrogen-bond donors (Lipinski definition) is 1. The van der Waals surface area contributed by atoms with E-state index in [-0.39, 0.29) is 11.8 Å². The highest BCUT2D eigenvalue weighted by Gasteiger charge is 2.29. The minimum absolute atomic E-state index is 0.186. The first-order chi connectivity index (χ1) is 6.15. The van der Waals surface area contributed by atoms with Crippen LogP contribution in [0.25, 0.3) is 0 Å². The van der Waals surface area contributed by atoms with Gasteiger partial charge >= 0.3 is 0 Å². The minimum atomic E-state index is 0.186. The van der Waals surface area contributed by atoms with Crippen molar-refractivity contribution in [1.82, 2.24) is 5.32 Å². The average molecular weight is 183 g/mol. The Hall–Kier alpha value is -0.530. The maximum absolute atomic E-state index is 11.6. The van der Waals surface area contributed by atoms with Crippen molar-refractivity contribution in [3.8, 4) is 0 Å². The maximum Gasteiger partial charge on any atom is 0.223 e. The van der Waals surface area contributed by atoms with Crippen LogP contribution in [0.5, 0.6) is 0 Å². The zero-order chi connectivity index (χ0) is 9.84. The Morgan fingerprint density at radius 2 is 2.08 bits per heavy atom. The van der Waals surface area contributed by atoms with Gasteiger partial charge in [0.1, 0.15) is 0 Å². The molecular formula is C11H21NO. The van der Waals surface area contributed by atoms with E-state index in [0.717, 1.165) is 18.8 Å². The van der Waals surface area contributed by atoms with Crippen molar-refractivity contribution in [3.63, 3.8) is 0 Å². The van der Waals surface area contributed by atoms with E-state index in [0.29, 0.717) is 6.04 Å². The first-order valence-electron chi connectivity index (χ1n) is 5.45. The lowest BCUT2D eigenvalue weighted by molar-refractivity contribution is -0.125. The van der Waals surface area contributed by atoms with E-state index in [1.165, 1.54) is 12.8 Å². The van der Waals surface area contributed by atoms with Crippen molar-refractivity contribution < 1.29 is 4.79 Å². The zero-order valence-electron chi connectivity index (χ0n) is 8.97. The van der Waals surface area contributed by atoms with Crippen LogP contribution in [0.3, 0.4) is 0 Å². The van der Waals surface area contributed by atoms with E-state index in [9.17, 15) is 4.79 Å². The maximum atomic E-state index is 11.6. The van der Waals surface area contributed by atoms with Gasteiger partial charge in [-0.2, -0.15) is 0 Å². The number of rotatable bonds is 5. The monoisotopic (exact) mass is 183 g/mol. The van der Waals surface area contributed by atoms with Crippen LogP contribution in [0.4, 0.5) is 0 Å². The van der Waals surface area contributed by atoms with Crippen molar-refractivity contribution in [2.75, 3.05) is 0 Å². The van der Waals surface area contributed by atoms with E-state index in [1.54, 1.807) is 0 Å². The molecule has 2 atom stereocenters. The summed E-state index contributed by atoms with van der Waals surface area (Å²) in [7, 11) is 0. The van der Waals surface area contributed by atoms with Gasteiger partial charge in [0.25, 0.3) is 0 Å². The summed E-state index contributed by atoms with van der Waals surface area (Å²) in [4.78, 5) is 11.6. The van der Waals surface area contributed by atoms with E-state index in [1.807, 2.05) is 6.92 Å². The third kappa shape index (κ3) is 3.37. The summed E-state index contributed by atoms with van der Waals surface area (Å²) in [5.74, 6) is 1.19. The van der Waals surface area contributed by atoms with E-state index in [2.05, 4.69) is 19.2 Å². The second-order valence-electron chi connectivity index (χ2n) is 4.32. The summed E-state index contributed by atoms with van der Waals surface area (Å²) >= 11 is 0. The fourth-order valence-corrected chi connectivity index (χ4v) is 1.64. The lowest BCUT2D eigenvalue weighted by Crippen LogP contribution is -2.37. The molecule has 1 fully saturated rings. The van der Waals surface area contributed by atoms with Crippen LogP contribution in [0.15, 0.2) is 0 Å². The van der Waals surface area contributed by atoms with Gasteiger partial charge in [-0.05, 0) is 32.1 Å². The average Bonchev–Trinajstić information content (AvgIpc) is 2.86. The van der Waals surface area contributed by atoms with Crippen LogP contribution >= 0.6 is 0 Å². The van der Waals surface area contributed by atoms with E-state index < -0.39 is 0 Å². The quantitative estimate of drug-likeness (QED) is 0.696. The summed E-state index contributed by atoms with van der Waals surface area (Å²) in [6, 6.07) is 0.395. The molecule has 0 spiro atoms. The lowest BCUT2D eigenvalue weighted by Gasteiger charge is -2.16. The first kappa shape index (κ1) is 10.6. The van der Waals surface area contributed by atoms with Gasteiger partial charge in [0.2, 0.25) is 5.91 Å². The van der Waals surface area contributed by atoms with Crippen molar-refractivity contribution >= 4 is 5.91 Å². The second-order valence-corrected chi connectivity index (χ2v) is 4.32. The van der Waals surface area contributed by atoms with Crippen LogP contribution in [0.2, 0.25) is 0 Å². The summed E-state index contributed by atoms with van der Waals surface area (Å²) < 4.78 is 0. The summed E-state index contributed by atoms with van der Waals surface area (Å²) in [5.41, 5.74) is 0. The van der Waals surface area contributed by atoms with Gasteiger partial charge in [-0.1, -0.05) is 20.3 Å². The smallest absolute Gasteiger partial charge is 0.223 e. The molecule has 1 aliphatic rings. The van der Waals surface area contributed by atoms with Crippen LogP contribution in [-0.4, -0.2) is 11.9 Å². The molecule has 1 N–H and O–H groups in total. The molecule has 0 aromatic carbocycles. The Kier molecular flexibility index (Phi) is 3.76. The van der Waals surface area contributed by atoms with Crippen molar-refractivity contribution in [2.24, 2.45) is 11.8 Å². The van der Waals surface area contributed by atoms with Gasteiger partial charge in [0, 0.05) is 12.0 Å². The fraction of sp³-hybridized carbons (Fsp3) is 0.909. The van der Waals surface area contributed by atoms with Crippen LogP contribution in [0, 0.1) is 11.8 Å². The molecule has 13 heavy (non-hydrogen) atoms. The Morgan fingerprint density at radius 3 is 2.54 bits per heavy atom. The zero-order valence-corrected chi connectivity index (χ0v) is 8.97. The highest BCUT2D eigenvalue weighted by molar-refractivity contribution is 5.78. The number of amides is 1. The molecule has 0 saturated heterocycles. The number of hydrogen-bond acceptors (Lipinski definition) is 1. The molecule has 0 aromatic heterocycles. The molecule has 0 aliphatic heterocycles. The Bertz CT molecular complexity index is 175. The summed E-state index contributed by atoms with van der Waals surface area (Å²) in [5, 5.41) is 3.09. The molecule has 0 radical (unpaired) electrons. The predicted molar refractivity (Wildman–Crippen MR) is 54.4 cm³/mol. The van der Waals surface area contributed by atoms with Gasteiger partial charge in [0.05, 0.1) is 0 Å². The van der Waals surface area contributed by atoms with Gasteiger partial charge in [-0.3, -0.25) is 4.79 Å². The Labute approximate surface area is 81.1 Å². The third-order valence-corrected chi connectivity index (χ3v) is 2.87. The summed E-state index contributed by atoms with van der Waals surface area (Å²) in [6.45, 7) is 6.25. The highest BCUT2D eigenvalue weighted by atomic mass is 16.1.